The Kier molecular flexibility index (Phi) is 5.23. The maximum Gasteiger partial charge on any atom is 0.261 e. The molecule has 3 rings (SSSR count). The second-order valence-electron chi connectivity index (χ2n) is 5.82. The van der Waals surface area contributed by atoms with Crippen molar-refractivity contribution in [1.82, 2.24) is 0 Å². The van der Waals surface area contributed by atoms with Crippen LogP contribution in [0.2, 0.25) is 0 Å². The number of anilines is 1. The van der Waals surface area contributed by atoms with Gasteiger partial charge in [0, 0.05) is 24.4 Å². The fraction of sp³-hybridized carbons (Fsp3) is 0.136. The van der Waals surface area contributed by atoms with E-state index in [1.165, 1.54) is 0 Å². The smallest absolute Gasteiger partial charge is 0.261 e. The van der Waals surface area contributed by atoms with Crippen molar-refractivity contribution in [2.75, 3.05) is 26.2 Å². The predicted octanol–water partition coefficient (Wildman–Crippen LogP) is 4.65. The van der Waals surface area contributed by atoms with Crippen molar-refractivity contribution in [1.29, 1.82) is 0 Å². The van der Waals surface area contributed by atoms with Crippen LogP contribution < -0.4 is 14.4 Å². The van der Waals surface area contributed by atoms with Gasteiger partial charge in [-0.05, 0) is 23.8 Å². The molecule has 0 unspecified atom stereocenters. The van der Waals surface area contributed by atoms with E-state index in [1.54, 1.807) is 32.2 Å². The number of hydrogen-bond acceptors (Lipinski definition) is 3. The Balaban J connectivity index is 2.01. The zero-order chi connectivity index (χ0) is 18.5. The fourth-order valence-electron chi connectivity index (χ4n) is 2.89. The lowest BCUT2D eigenvalue weighted by molar-refractivity contribution is 0.0990. The Morgan fingerprint density at radius 2 is 1.58 bits per heavy atom. The number of nitrogens with zero attached hydrogens (tertiary/aromatic N) is 1. The molecule has 4 nitrogen and oxygen atoms in total. The van der Waals surface area contributed by atoms with E-state index in [2.05, 4.69) is 0 Å². The van der Waals surface area contributed by atoms with Crippen LogP contribution in [0.15, 0.2) is 72.8 Å². The summed E-state index contributed by atoms with van der Waals surface area (Å²) in [7, 11) is 4.93. The van der Waals surface area contributed by atoms with E-state index in [9.17, 15) is 4.79 Å². The molecule has 0 aliphatic carbocycles. The average Bonchev–Trinajstić information content (AvgIpc) is 2.72. The van der Waals surface area contributed by atoms with Crippen LogP contribution in [0.3, 0.4) is 0 Å². The summed E-state index contributed by atoms with van der Waals surface area (Å²) in [6, 6.07) is 22.9. The van der Waals surface area contributed by atoms with Crippen LogP contribution in [0.1, 0.15) is 10.4 Å². The average molecular weight is 347 g/mol. The molecule has 0 atom stereocenters. The number of carbonyl (C=O) groups excluding carboxylic acids is 1. The van der Waals surface area contributed by atoms with Crippen LogP contribution in [0.5, 0.6) is 11.5 Å². The molecule has 0 aliphatic heterocycles. The predicted molar refractivity (Wildman–Crippen MR) is 104 cm³/mol. The van der Waals surface area contributed by atoms with Gasteiger partial charge in [-0.2, -0.15) is 0 Å². The van der Waals surface area contributed by atoms with Gasteiger partial charge >= 0.3 is 0 Å². The van der Waals surface area contributed by atoms with Crippen molar-refractivity contribution in [3.05, 3.63) is 78.4 Å². The molecule has 0 saturated heterocycles. The molecule has 0 fully saturated rings. The van der Waals surface area contributed by atoms with Gasteiger partial charge in [0.25, 0.3) is 5.91 Å². The Morgan fingerprint density at radius 1 is 0.846 bits per heavy atom. The number of rotatable bonds is 5. The third-order valence-corrected chi connectivity index (χ3v) is 4.28. The molecular weight excluding hydrogens is 326 g/mol. The number of ether oxygens (including phenoxy) is 2. The molecule has 3 aromatic rings. The van der Waals surface area contributed by atoms with Gasteiger partial charge in [0.1, 0.15) is 11.5 Å². The molecule has 1 amide bonds. The fourth-order valence-corrected chi connectivity index (χ4v) is 2.89. The number of methoxy groups -OCH3 is 2. The van der Waals surface area contributed by atoms with Crippen molar-refractivity contribution in [2.45, 2.75) is 0 Å². The van der Waals surface area contributed by atoms with E-state index in [0.29, 0.717) is 17.1 Å². The first kappa shape index (κ1) is 17.5. The Morgan fingerprint density at radius 3 is 2.27 bits per heavy atom. The SMILES string of the molecule is COc1cccc(N(C)C(=O)c2cccc(-c3ccccc3)c2OC)c1. The highest BCUT2D eigenvalue weighted by molar-refractivity contribution is 6.09. The molecule has 132 valence electrons. The third kappa shape index (κ3) is 3.40. The van der Waals surface area contributed by atoms with E-state index in [1.807, 2.05) is 66.7 Å². The first-order chi connectivity index (χ1) is 12.7. The lowest BCUT2D eigenvalue weighted by Gasteiger charge is -2.20. The monoisotopic (exact) mass is 347 g/mol. The summed E-state index contributed by atoms with van der Waals surface area (Å²) in [5.74, 6) is 1.12. The first-order valence-corrected chi connectivity index (χ1v) is 8.30. The number of amides is 1. The third-order valence-electron chi connectivity index (χ3n) is 4.28. The summed E-state index contributed by atoms with van der Waals surface area (Å²) in [4.78, 5) is 14.7. The summed E-state index contributed by atoms with van der Waals surface area (Å²) in [6.45, 7) is 0. The van der Waals surface area contributed by atoms with Gasteiger partial charge in [-0.15, -0.1) is 0 Å². The maximum absolute atomic E-state index is 13.1. The molecule has 0 spiro atoms. The minimum atomic E-state index is -0.145. The largest absolute Gasteiger partial charge is 0.497 e. The Bertz CT molecular complexity index is 906. The van der Waals surface area contributed by atoms with Gasteiger partial charge in [0.05, 0.1) is 19.8 Å². The summed E-state index contributed by atoms with van der Waals surface area (Å²) < 4.78 is 10.9. The van der Waals surface area contributed by atoms with Gasteiger partial charge in [-0.1, -0.05) is 48.5 Å². The van der Waals surface area contributed by atoms with E-state index in [-0.39, 0.29) is 5.91 Å². The van der Waals surface area contributed by atoms with Gasteiger partial charge in [-0.25, -0.2) is 0 Å². The second-order valence-corrected chi connectivity index (χ2v) is 5.82. The molecule has 0 N–H and O–H groups in total. The Hall–Kier alpha value is -3.27. The number of carbonyl (C=O) groups is 1. The van der Waals surface area contributed by atoms with Crippen LogP contribution in [-0.4, -0.2) is 27.2 Å². The molecule has 4 heteroatoms. The topological polar surface area (TPSA) is 38.8 Å². The van der Waals surface area contributed by atoms with Crippen LogP contribution in [0.25, 0.3) is 11.1 Å². The summed E-state index contributed by atoms with van der Waals surface area (Å²) >= 11 is 0. The second kappa shape index (κ2) is 7.74. The minimum Gasteiger partial charge on any atom is -0.497 e. The number of benzene rings is 3. The molecule has 0 aromatic heterocycles. The number of para-hydroxylation sites is 1. The molecular formula is C22H21NO3. The molecule has 0 radical (unpaired) electrons. The van der Waals surface area contributed by atoms with E-state index in [0.717, 1.165) is 16.8 Å². The highest BCUT2D eigenvalue weighted by Crippen LogP contribution is 2.34. The van der Waals surface area contributed by atoms with Crippen LogP contribution >= 0.6 is 0 Å². The van der Waals surface area contributed by atoms with Crippen molar-refractivity contribution in [2.24, 2.45) is 0 Å². The van der Waals surface area contributed by atoms with Crippen LogP contribution in [0.4, 0.5) is 5.69 Å². The standard InChI is InChI=1S/C22H21NO3/c1-23(17-11-7-12-18(15-17)25-2)22(24)20-14-8-13-19(21(20)26-3)16-9-5-4-6-10-16/h4-15H,1-3H3. The lowest BCUT2D eigenvalue weighted by Crippen LogP contribution is -2.26. The normalized spacial score (nSPS) is 10.3. The van der Waals surface area contributed by atoms with Crippen molar-refractivity contribution in [3.63, 3.8) is 0 Å². The van der Waals surface area contributed by atoms with Gasteiger partial charge in [0.2, 0.25) is 0 Å². The summed E-state index contributed by atoms with van der Waals surface area (Å²) in [6.07, 6.45) is 0. The van der Waals surface area contributed by atoms with Crippen LogP contribution in [-0.2, 0) is 0 Å². The lowest BCUT2D eigenvalue weighted by atomic mass is 10.0. The molecule has 26 heavy (non-hydrogen) atoms. The zero-order valence-electron chi connectivity index (χ0n) is 15.1. The van der Waals surface area contributed by atoms with Crippen molar-refractivity contribution >= 4 is 11.6 Å². The minimum absolute atomic E-state index is 0.145. The van der Waals surface area contributed by atoms with Gasteiger partial charge in [0.15, 0.2) is 0 Å². The molecule has 0 heterocycles. The van der Waals surface area contributed by atoms with Gasteiger partial charge in [-0.3, -0.25) is 4.79 Å². The summed E-state index contributed by atoms with van der Waals surface area (Å²) in [5.41, 5.74) is 3.15. The Labute approximate surface area is 153 Å². The van der Waals surface area contributed by atoms with Crippen LogP contribution in [0, 0.1) is 0 Å². The molecule has 3 aromatic carbocycles. The summed E-state index contributed by atoms with van der Waals surface area (Å²) in [5, 5.41) is 0. The van der Waals surface area contributed by atoms with E-state index < -0.39 is 0 Å². The molecule has 0 saturated carbocycles. The quantitative estimate of drug-likeness (QED) is 0.674. The number of hydrogen-bond donors (Lipinski definition) is 0. The van der Waals surface area contributed by atoms with Crippen molar-refractivity contribution in [3.8, 4) is 22.6 Å². The van der Waals surface area contributed by atoms with E-state index in [4.69, 9.17) is 9.47 Å². The van der Waals surface area contributed by atoms with E-state index >= 15 is 0 Å². The molecule has 0 bridgehead atoms. The molecule has 0 aliphatic rings. The first-order valence-electron chi connectivity index (χ1n) is 8.30. The zero-order valence-corrected chi connectivity index (χ0v) is 15.1. The van der Waals surface area contributed by atoms with Crippen molar-refractivity contribution < 1.29 is 14.3 Å². The highest BCUT2D eigenvalue weighted by atomic mass is 16.5. The van der Waals surface area contributed by atoms with Gasteiger partial charge < -0.3 is 14.4 Å². The highest BCUT2D eigenvalue weighted by Gasteiger charge is 2.21. The maximum atomic E-state index is 13.1.